The van der Waals surface area contributed by atoms with E-state index in [1.807, 2.05) is 50.1 Å². The van der Waals surface area contributed by atoms with E-state index in [0.29, 0.717) is 12.1 Å². The Morgan fingerprint density at radius 2 is 1.96 bits per heavy atom. The monoisotopic (exact) mass is 317 g/mol. The lowest BCUT2D eigenvalue weighted by atomic mass is 10.1. The van der Waals surface area contributed by atoms with Gasteiger partial charge in [0.15, 0.2) is 0 Å². The number of nitrogens with zero attached hydrogens (tertiary/aromatic N) is 2. The van der Waals surface area contributed by atoms with Crippen molar-refractivity contribution in [3.05, 3.63) is 35.4 Å². The Hall–Kier alpha value is -1.88. The minimum atomic E-state index is -0.00458. The van der Waals surface area contributed by atoms with Crippen LogP contribution in [0.15, 0.2) is 24.3 Å². The van der Waals surface area contributed by atoms with Gasteiger partial charge in [0.1, 0.15) is 0 Å². The van der Waals surface area contributed by atoms with Gasteiger partial charge < -0.3 is 15.1 Å². The van der Waals surface area contributed by atoms with Gasteiger partial charge in [0.05, 0.1) is 0 Å². The van der Waals surface area contributed by atoms with E-state index in [2.05, 4.69) is 12.2 Å². The number of hydrogen-bond acceptors (Lipinski definition) is 3. The number of carbonyl (C=O) groups excluding carboxylic acids is 2. The second kappa shape index (κ2) is 7.59. The summed E-state index contributed by atoms with van der Waals surface area (Å²) in [5.74, 6) is 0.201. The smallest absolute Gasteiger partial charge is 0.254 e. The molecule has 0 saturated carbocycles. The summed E-state index contributed by atoms with van der Waals surface area (Å²) in [6.45, 7) is 8.85. The van der Waals surface area contributed by atoms with Crippen molar-refractivity contribution >= 4 is 11.8 Å². The third-order valence-corrected chi connectivity index (χ3v) is 4.25. The Morgan fingerprint density at radius 1 is 1.30 bits per heavy atom. The molecule has 0 spiro atoms. The highest BCUT2D eigenvalue weighted by Gasteiger charge is 2.23. The lowest BCUT2D eigenvalue weighted by molar-refractivity contribution is -0.133. The van der Waals surface area contributed by atoms with E-state index < -0.39 is 0 Å². The quantitative estimate of drug-likeness (QED) is 0.920. The van der Waals surface area contributed by atoms with Crippen molar-refractivity contribution < 1.29 is 9.59 Å². The molecular formula is C18H27N3O2. The van der Waals surface area contributed by atoms with E-state index in [0.717, 1.165) is 25.2 Å². The Kier molecular flexibility index (Phi) is 5.77. The zero-order valence-electron chi connectivity index (χ0n) is 14.5. The van der Waals surface area contributed by atoms with Crippen LogP contribution in [0.4, 0.5) is 0 Å². The highest BCUT2D eigenvalue weighted by molar-refractivity contribution is 5.94. The maximum absolute atomic E-state index is 12.6. The summed E-state index contributed by atoms with van der Waals surface area (Å²) in [6, 6.07) is 7.81. The van der Waals surface area contributed by atoms with Crippen LogP contribution >= 0.6 is 0 Å². The molecule has 126 valence electrons. The number of amides is 2. The second-order valence-corrected chi connectivity index (χ2v) is 6.60. The average molecular weight is 317 g/mol. The summed E-state index contributed by atoms with van der Waals surface area (Å²) in [5, 5.41) is 3.29. The first-order valence-corrected chi connectivity index (χ1v) is 8.25. The van der Waals surface area contributed by atoms with Gasteiger partial charge in [0, 0.05) is 50.7 Å². The summed E-state index contributed by atoms with van der Waals surface area (Å²) in [6.07, 6.45) is 0. The van der Waals surface area contributed by atoms with Gasteiger partial charge in [0.25, 0.3) is 5.91 Å². The molecule has 1 atom stereocenters. The number of carbonyl (C=O) groups is 2. The topological polar surface area (TPSA) is 52.7 Å². The van der Waals surface area contributed by atoms with Crippen molar-refractivity contribution in [1.29, 1.82) is 0 Å². The standard InChI is InChI=1S/C18H27N3O2/c1-13(2)17(22)20(4)12-15-5-7-16(8-6-15)18(23)21-10-9-19-11-14(21)3/h5-8,13-14,19H,9-12H2,1-4H3/t14-/m1/s1. The molecule has 0 aliphatic carbocycles. The zero-order valence-corrected chi connectivity index (χ0v) is 14.5. The minimum absolute atomic E-state index is 0.00458. The zero-order chi connectivity index (χ0) is 17.0. The first-order chi connectivity index (χ1) is 10.9. The van der Waals surface area contributed by atoms with E-state index in [9.17, 15) is 9.59 Å². The number of piperazine rings is 1. The van der Waals surface area contributed by atoms with Crippen LogP contribution in [0.5, 0.6) is 0 Å². The van der Waals surface area contributed by atoms with Crippen LogP contribution < -0.4 is 5.32 Å². The summed E-state index contributed by atoms with van der Waals surface area (Å²) in [7, 11) is 1.81. The van der Waals surface area contributed by atoms with Gasteiger partial charge in [-0.05, 0) is 24.6 Å². The molecule has 0 bridgehead atoms. The number of benzene rings is 1. The normalized spacial score (nSPS) is 18.1. The molecule has 0 radical (unpaired) electrons. The SMILES string of the molecule is CC(C)C(=O)N(C)Cc1ccc(C(=O)N2CCNC[C@H]2C)cc1. The average Bonchev–Trinajstić information content (AvgIpc) is 2.54. The molecule has 2 amide bonds. The Morgan fingerprint density at radius 3 is 2.52 bits per heavy atom. The molecule has 1 heterocycles. The molecule has 1 aliphatic heterocycles. The third kappa shape index (κ3) is 4.32. The van der Waals surface area contributed by atoms with Gasteiger partial charge in [-0.15, -0.1) is 0 Å². The van der Waals surface area contributed by atoms with Crippen LogP contribution in [0.25, 0.3) is 0 Å². The molecule has 2 rings (SSSR count). The van der Waals surface area contributed by atoms with Crippen LogP contribution in [0, 0.1) is 5.92 Å². The predicted molar refractivity (Wildman–Crippen MR) is 91.1 cm³/mol. The molecule has 1 fully saturated rings. The van der Waals surface area contributed by atoms with Crippen molar-refractivity contribution in [2.75, 3.05) is 26.7 Å². The Balaban J connectivity index is 2.01. The molecule has 5 heteroatoms. The predicted octanol–water partition coefficient (Wildman–Crippen LogP) is 1.73. The van der Waals surface area contributed by atoms with Gasteiger partial charge in [-0.2, -0.15) is 0 Å². The first kappa shape index (κ1) is 17.5. The third-order valence-electron chi connectivity index (χ3n) is 4.25. The lowest BCUT2D eigenvalue weighted by Crippen LogP contribution is -2.52. The van der Waals surface area contributed by atoms with Crippen molar-refractivity contribution in [3.8, 4) is 0 Å². The van der Waals surface area contributed by atoms with Crippen LogP contribution in [0.3, 0.4) is 0 Å². The van der Waals surface area contributed by atoms with E-state index in [1.165, 1.54) is 0 Å². The van der Waals surface area contributed by atoms with E-state index in [1.54, 1.807) is 4.90 Å². The highest BCUT2D eigenvalue weighted by atomic mass is 16.2. The molecule has 1 saturated heterocycles. The van der Waals surface area contributed by atoms with E-state index in [4.69, 9.17) is 0 Å². The Bertz CT molecular complexity index is 554. The largest absolute Gasteiger partial charge is 0.341 e. The molecular weight excluding hydrogens is 290 g/mol. The fourth-order valence-corrected chi connectivity index (χ4v) is 2.85. The molecule has 0 aromatic heterocycles. The number of rotatable bonds is 4. The summed E-state index contributed by atoms with van der Waals surface area (Å²) < 4.78 is 0. The minimum Gasteiger partial charge on any atom is -0.341 e. The Labute approximate surface area is 138 Å². The maximum atomic E-state index is 12.6. The summed E-state index contributed by atoms with van der Waals surface area (Å²) in [5.41, 5.74) is 1.74. The second-order valence-electron chi connectivity index (χ2n) is 6.60. The van der Waals surface area contributed by atoms with Crippen LogP contribution in [-0.2, 0) is 11.3 Å². The lowest BCUT2D eigenvalue weighted by Gasteiger charge is -2.34. The van der Waals surface area contributed by atoms with Crippen molar-refractivity contribution in [3.63, 3.8) is 0 Å². The molecule has 5 nitrogen and oxygen atoms in total. The molecule has 23 heavy (non-hydrogen) atoms. The fourth-order valence-electron chi connectivity index (χ4n) is 2.85. The molecule has 1 N–H and O–H groups in total. The summed E-state index contributed by atoms with van der Waals surface area (Å²) >= 11 is 0. The van der Waals surface area contributed by atoms with Gasteiger partial charge in [-0.1, -0.05) is 26.0 Å². The van der Waals surface area contributed by atoms with E-state index in [-0.39, 0.29) is 23.8 Å². The van der Waals surface area contributed by atoms with Gasteiger partial charge in [-0.3, -0.25) is 9.59 Å². The van der Waals surface area contributed by atoms with Crippen LogP contribution in [0.1, 0.15) is 36.7 Å². The number of hydrogen-bond donors (Lipinski definition) is 1. The molecule has 1 aliphatic rings. The van der Waals surface area contributed by atoms with Crippen molar-refractivity contribution in [2.24, 2.45) is 5.92 Å². The van der Waals surface area contributed by atoms with Crippen LogP contribution in [0.2, 0.25) is 0 Å². The summed E-state index contributed by atoms with van der Waals surface area (Å²) in [4.78, 5) is 28.1. The van der Waals surface area contributed by atoms with Crippen molar-refractivity contribution in [2.45, 2.75) is 33.4 Å². The van der Waals surface area contributed by atoms with Gasteiger partial charge in [0.2, 0.25) is 5.91 Å². The molecule has 0 unspecified atom stereocenters. The molecule has 1 aromatic carbocycles. The van der Waals surface area contributed by atoms with Gasteiger partial charge in [-0.25, -0.2) is 0 Å². The number of nitrogens with one attached hydrogen (secondary N) is 1. The van der Waals surface area contributed by atoms with E-state index >= 15 is 0 Å². The maximum Gasteiger partial charge on any atom is 0.254 e. The highest BCUT2D eigenvalue weighted by Crippen LogP contribution is 2.13. The fraction of sp³-hybridized carbons (Fsp3) is 0.556. The first-order valence-electron chi connectivity index (χ1n) is 8.25. The molecule has 1 aromatic rings. The van der Waals surface area contributed by atoms with Crippen LogP contribution in [-0.4, -0.2) is 54.3 Å². The van der Waals surface area contributed by atoms with Crippen molar-refractivity contribution in [1.82, 2.24) is 15.1 Å². The van der Waals surface area contributed by atoms with Gasteiger partial charge >= 0.3 is 0 Å².